The highest BCUT2D eigenvalue weighted by Gasteiger charge is 2.43. The molecule has 32 heavy (non-hydrogen) atoms. The molecule has 1 saturated heterocycles. The minimum absolute atomic E-state index is 0.238. The molecule has 0 amide bonds. The molecule has 0 saturated carbocycles. The van der Waals surface area contributed by atoms with E-state index in [1.165, 1.54) is 16.4 Å². The summed E-state index contributed by atoms with van der Waals surface area (Å²) in [5, 5.41) is 6.75. The largest absolute Gasteiger partial charge is 0.368 e. The molecule has 0 unspecified atom stereocenters. The number of amidine groups is 1. The van der Waals surface area contributed by atoms with E-state index in [1.807, 2.05) is 19.9 Å². The summed E-state index contributed by atoms with van der Waals surface area (Å²) in [7, 11) is -3.58. The van der Waals surface area contributed by atoms with E-state index in [9.17, 15) is 17.2 Å². The molecule has 9 heteroatoms. The van der Waals surface area contributed by atoms with Crippen LogP contribution in [0.15, 0.2) is 46.3 Å². The number of rotatable bonds is 4. The number of benzene rings is 2. The summed E-state index contributed by atoms with van der Waals surface area (Å²) in [6.07, 6.45) is 1.11. The van der Waals surface area contributed by atoms with Crippen LogP contribution in [0.25, 0.3) is 0 Å². The van der Waals surface area contributed by atoms with Crippen molar-refractivity contribution >= 4 is 15.9 Å². The van der Waals surface area contributed by atoms with E-state index in [0.29, 0.717) is 49.5 Å². The zero-order chi connectivity index (χ0) is 22.9. The van der Waals surface area contributed by atoms with Crippen molar-refractivity contribution in [3.63, 3.8) is 0 Å². The van der Waals surface area contributed by atoms with Crippen molar-refractivity contribution < 1.29 is 17.2 Å². The van der Waals surface area contributed by atoms with Crippen LogP contribution < -0.4 is 10.6 Å². The summed E-state index contributed by atoms with van der Waals surface area (Å²) in [4.78, 5) is 4.93. The van der Waals surface area contributed by atoms with Gasteiger partial charge in [-0.3, -0.25) is 4.99 Å². The molecule has 0 aliphatic carbocycles. The number of piperidine rings is 1. The van der Waals surface area contributed by atoms with Crippen LogP contribution in [0.2, 0.25) is 0 Å². The SMILES string of the molecule is Cc1ccc(S(=O)(=O)N2CCC3(CC2)NCCN=C3NCc2cc(F)cc(F)c2)cc1C. The van der Waals surface area contributed by atoms with Crippen molar-refractivity contribution in [2.24, 2.45) is 4.99 Å². The fourth-order valence-corrected chi connectivity index (χ4v) is 5.89. The van der Waals surface area contributed by atoms with Crippen molar-refractivity contribution in [2.75, 3.05) is 26.2 Å². The maximum absolute atomic E-state index is 13.5. The molecule has 0 radical (unpaired) electrons. The number of nitrogens with zero attached hydrogens (tertiary/aromatic N) is 2. The predicted octanol–water partition coefficient (Wildman–Crippen LogP) is 2.90. The first-order valence-corrected chi connectivity index (χ1v) is 12.2. The fraction of sp³-hybridized carbons (Fsp3) is 0.435. The van der Waals surface area contributed by atoms with Gasteiger partial charge >= 0.3 is 0 Å². The second-order valence-electron chi connectivity index (χ2n) is 8.52. The highest BCUT2D eigenvalue weighted by molar-refractivity contribution is 7.89. The number of nitrogens with one attached hydrogen (secondary N) is 2. The van der Waals surface area contributed by atoms with Gasteiger partial charge in [0.2, 0.25) is 10.0 Å². The summed E-state index contributed by atoms with van der Waals surface area (Å²) >= 11 is 0. The first kappa shape index (κ1) is 22.8. The Hall–Kier alpha value is -2.36. The smallest absolute Gasteiger partial charge is 0.243 e. The molecule has 2 aliphatic rings. The van der Waals surface area contributed by atoms with Crippen molar-refractivity contribution in [1.82, 2.24) is 14.9 Å². The van der Waals surface area contributed by atoms with E-state index in [4.69, 9.17) is 0 Å². The number of aryl methyl sites for hydroxylation is 2. The van der Waals surface area contributed by atoms with Gasteiger partial charge in [0, 0.05) is 32.2 Å². The Bertz CT molecular complexity index is 1120. The second-order valence-corrected chi connectivity index (χ2v) is 10.5. The molecule has 0 aromatic heterocycles. The number of hydrogen-bond donors (Lipinski definition) is 2. The van der Waals surface area contributed by atoms with Crippen LogP contribution >= 0.6 is 0 Å². The Morgan fingerprint density at radius 3 is 2.41 bits per heavy atom. The van der Waals surface area contributed by atoms with Gasteiger partial charge in [0.25, 0.3) is 0 Å². The van der Waals surface area contributed by atoms with Gasteiger partial charge in [-0.2, -0.15) is 4.31 Å². The fourth-order valence-electron chi connectivity index (χ4n) is 4.37. The van der Waals surface area contributed by atoms with Crippen molar-refractivity contribution in [3.8, 4) is 0 Å². The van der Waals surface area contributed by atoms with Crippen LogP contribution in [0, 0.1) is 25.5 Å². The van der Waals surface area contributed by atoms with E-state index < -0.39 is 27.2 Å². The molecule has 1 fully saturated rings. The van der Waals surface area contributed by atoms with E-state index in [2.05, 4.69) is 15.6 Å². The van der Waals surface area contributed by atoms with Crippen LogP contribution in [0.1, 0.15) is 29.5 Å². The van der Waals surface area contributed by atoms with Gasteiger partial charge in [0.15, 0.2) is 0 Å². The number of sulfonamides is 1. The minimum atomic E-state index is -3.58. The monoisotopic (exact) mass is 462 g/mol. The van der Waals surface area contributed by atoms with Gasteiger partial charge in [0.05, 0.1) is 17.0 Å². The maximum Gasteiger partial charge on any atom is 0.243 e. The lowest BCUT2D eigenvalue weighted by atomic mass is 9.85. The first-order chi connectivity index (χ1) is 15.2. The van der Waals surface area contributed by atoms with E-state index in [1.54, 1.807) is 12.1 Å². The summed E-state index contributed by atoms with van der Waals surface area (Å²) < 4.78 is 54.9. The summed E-state index contributed by atoms with van der Waals surface area (Å²) in [6.45, 7) is 6.11. The van der Waals surface area contributed by atoms with Crippen molar-refractivity contribution in [2.45, 2.75) is 43.7 Å². The normalized spacial score (nSPS) is 19.1. The molecule has 0 bridgehead atoms. The lowest BCUT2D eigenvalue weighted by Crippen LogP contribution is -2.64. The van der Waals surface area contributed by atoms with Gasteiger partial charge in [-0.25, -0.2) is 17.2 Å². The van der Waals surface area contributed by atoms with Crippen LogP contribution in [-0.2, 0) is 16.6 Å². The molecule has 2 aromatic rings. The zero-order valence-corrected chi connectivity index (χ0v) is 19.1. The number of halogens is 2. The average molecular weight is 463 g/mol. The minimum Gasteiger partial charge on any atom is -0.368 e. The Labute approximate surface area is 187 Å². The first-order valence-electron chi connectivity index (χ1n) is 10.8. The average Bonchev–Trinajstić information content (AvgIpc) is 2.75. The quantitative estimate of drug-likeness (QED) is 0.733. The molecule has 1 spiro atoms. The van der Waals surface area contributed by atoms with Gasteiger partial charge in [-0.05, 0) is 67.6 Å². The Balaban J connectivity index is 1.47. The lowest BCUT2D eigenvalue weighted by molar-refractivity contribution is 0.241. The van der Waals surface area contributed by atoms with Crippen LogP contribution in [0.3, 0.4) is 0 Å². The summed E-state index contributed by atoms with van der Waals surface area (Å²) in [5.41, 5.74) is 2.01. The summed E-state index contributed by atoms with van der Waals surface area (Å²) in [6, 6.07) is 8.64. The third-order valence-corrected chi connectivity index (χ3v) is 8.27. The third kappa shape index (κ3) is 4.55. The Kier molecular flexibility index (Phi) is 6.33. The molecule has 2 aromatic carbocycles. The van der Waals surface area contributed by atoms with Crippen LogP contribution in [-0.4, -0.2) is 50.3 Å². The van der Waals surface area contributed by atoms with Gasteiger partial charge < -0.3 is 10.6 Å². The number of hydrogen-bond acceptors (Lipinski definition) is 5. The molecule has 172 valence electrons. The van der Waals surface area contributed by atoms with Gasteiger partial charge in [-0.15, -0.1) is 0 Å². The number of aliphatic imine (C=N–C) groups is 1. The Morgan fingerprint density at radius 1 is 1.06 bits per heavy atom. The highest BCUT2D eigenvalue weighted by atomic mass is 32.2. The zero-order valence-electron chi connectivity index (χ0n) is 18.3. The standard InChI is InChI=1S/C23H28F2N4O2S/c1-16-3-4-21(11-17(16)2)32(30,31)29-9-5-23(6-10-29)22(26-7-8-28-23)27-15-18-12-19(24)14-20(25)13-18/h3-4,11-14,28H,5-10,15H2,1-2H3,(H,26,27). The molecule has 6 nitrogen and oxygen atoms in total. The summed E-state index contributed by atoms with van der Waals surface area (Å²) in [5.74, 6) is -0.521. The van der Waals surface area contributed by atoms with Crippen molar-refractivity contribution in [3.05, 3.63) is 64.7 Å². The molecule has 0 atom stereocenters. The van der Waals surface area contributed by atoms with Crippen LogP contribution in [0.5, 0.6) is 0 Å². The molecule has 2 N–H and O–H groups in total. The topological polar surface area (TPSA) is 73.8 Å². The van der Waals surface area contributed by atoms with Crippen LogP contribution in [0.4, 0.5) is 8.78 Å². The Morgan fingerprint density at radius 2 is 1.75 bits per heavy atom. The van der Waals surface area contributed by atoms with Crippen molar-refractivity contribution in [1.29, 1.82) is 0 Å². The van der Waals surface area contributed by atoms with Gasteiger partial charge in [-0.1, -0.05) is 6.07 Å². The maximum atomic E-state index is 13.5. The molecule has 2 heterocycles. The van der Waals surface area contributed by atoms with E-state index in [0.717, 1.165) is 23.0 Å². The molecular weight excluding hydrogens is 434 g/mol. The predicted molar refractivity (Wildman–Crippen MR) is 120 cm³/mol. The van der Waals surface area contributed by atoms with E-state index in [-0.39, 0.29) is 6.54 Å². The molecule has 2 aliphatic heterocycles. The highest BCUT2D eigenvalue weighted by Crippen LogP contribution is 2.29. The van der Waals surface area contributed by atoms with E-state index >= 15 is 0 Å². The third-order valence-electron chi connectivity index (χ3n) is 6.37. The molecular formula is C23H28F2N4O2S. The lowest BCUT2D eigenvalue weighted by Gasteiger charge is -2.44. The molecule has 4 rings (SSSR count). The van der Waals surface area contributed by atoms with Gasteiger partial charge in [0.1, 0.15) is 17.5 Å². The second kappa shape index (κ2) is 8.88.